The molecule has 1 aromatic heterocycles. The Hall–Kier alpha value is -2.40. The van der Waals surface area contributed by atoms with Crippen molar-refractivity contribution in [1.29, 1.82) is 0 Å². The molecule has 3 nitrogen and oxygen atoms in total. The van der Waals surface area contributed by atoms with E-state index in [9.17, 15) is 0 Å². The van der Waals surface area contributed by atoms with Crippen LogP contribution >= 0.6 is 11.3 Å². The summed E-state index contributed by atoms with van der Waals surface area (Å²) in [7, 11) is 0. The van der Waals surface area contributed by atoms with Crippen molar-refractivity contribution in [2.75, 3.05) is 39.5 Å². The number of hydrogen-bond acceptors (Lipinski definition) is 4. The summed E-state index contributed by atoms with van der Waals surface area (Å²) in [6, 6.07) is 23.7. The Morgan fingerprint density at radius 3 is 2.48 bits per heavy atom. The van der Waals surface area contributed by atoms with E-state index >= 15 is 0 Å². The van der Waals surface area contributed by atoms with E-state index in [1.807, 2.05) is 11.3 Å². The highest BCUT2D eigenvalue weighted by Crippen LogP contribution is 2.34. The highest BCUT2D eigenvalue weighted by molar-refractivity contribution is 7.10. The van der Waals surface area contributed by atoms with Crippen LogP contribution in [0.2, 0.25) is 0 Å². The van der Waals surface area contributed by atoms with Crippen LogP contribution in [0.1, 0.15) is 35.3 Å². The molecule has 3 aromatic rings. The molecule has 0 radical (unpaired) electrons. The molecule has 1 aliphatic heterocycles. The van der Waals surface area contributed by atoms with Crippen molar-refractivity contribution < 1.29 is 9.47 Å². The van der Waals surface area contributed by atoms with Crippen molar-refractivity contribution in [2.45, 2.75) is 19.3 Å². The van der Waals surface area contributed by atoms with E-state index in [-0.39, 0.29) is 5.92 Å². The lowest BCUT2D eigenvalue weighted by Gasteiger charge is -2.26. The van der Waals surface area contributed by atoms with Crippen LogP contribution in [0.5, 0.6) is 5.75 Å². The molecule has 0 amide bonds. The van der Waals surface area contributed by atoms with Gasteiger partial charge in [0.05, 0.1) is 13.2 Å². The van der Waals surface area contributed by atoms with Gasteiger partial charge in [0.15, 0.2) is 0 Å². The number of rotatable bonds is 9. The summed E-state index contributed by atoms with van der Waals surface area (Å²) in [5.41, 5.74) is 3.98. The standard InChI is InChI=1S/C27H31NO2S/c1-2-22(23-7-4-3-5-8-23)21-26(27-9-6-20-31-27)24-10-12-25(13-11-24)30-19-16-28-14-17-29-18-15-28/h3-13,20-21,26H,2,14-19H2,1H3. The van der Waals surface area contributed by atoms with E-state index in [2.05, 4.69) is 90.0 Å². The van der Waals surface area contributed by atoms with Crippen molar-refractivity contribution >= 4 is 16.9 Å². The van der Waals surface area contributed by atoms with E-state index in [0.717, 1.165) is 45.0 Å². The molecule has 1 saturated heterocycles. The zero-order valence-corrected chi connectivity index (χ0v) is 19.0. The summed E-state index contributed by atoms with van der Waals surface area (Å²) >= 11 is 1.82. The first-order valence-corrected chi connectivity index (χ1v) is 12.0. The van der Waals surface area contributed by atoms with Gasteiger partial charge in [-0.1, -0.05) is 61.5 Å². The molecule has 2 heterocycles. The number of ether oxygens (including phenoxy) is 2. The molecule has 0 bridgehead atoms. The van der Waals surface area contributed by atoms with Gasteiger partial charge in [0.1, 0.15) is 12.4 Å². The van der Waals surface area contributed by atoms with Crippen LogP contribution in [0.15, 0.2) is 78.2 Å². The molecule has 4 heteroatoms. The van der Waals surface area contributed by atoms with Crippen LogP contribution in [0.25, 0.3) is 5.57 Å². The molecule has 31 heavy (non-hydrogen) atoms. The number of benzene rings is 2. The highest BCUT2D eigenvalue weighted by Gasteiger charge is 2.15. The average molecular weight is 434 g/mol. The predicted octanol–water partition coefficient (Wildman–Crippen LogP) is 6.08. The minimum absolute atomic E-state index is 0.248. The number of hydrogen-bond donors (Lipinski definition) is 0. The number of nitrogens with zero attached hydrogens (tertiary/aromatic N) is 1. The largest absolute Gasteiger partial charge is 0.492 e. The quantitative estimate of drug-likeness (QED) is 0.408. The molecule has 0 N–H and O–H groups in total. The minimum Gasteiger partial charge on any atom is -0.492 e. The number of morpholine rings is 1. The minimum atomic E-state index is 0.248. The first-order chi connectivity index (χ1) is 15.3. The SMILES string of the molecule is CCC(=CC(c1ccc(OCCN2CCOCC2)cc1)c1cccs1)c1ccccc1. The summed E-state index contributed by atoms with van der Waals surface area (Å²) in [5.74, 6) is 1.18. The van der Waals surface area contributed by atoms with E-state index in [1.54, 1.807) is 0 Å². The van der Waals surface area contributed by atoms with E-state index < -0.39 is 0 Å². The second-order valence-corrected chi connectivity index (χ2v) is 8.76. The lowest BCUT2D eigenvalue weighted by molar-refractivity contribution is 0.0322. The third kappa shape index (κ3) is 6.07. The van der Waals surface area contributed by atoms with Crippen LogP contribution in [-0.2, 0) is 4.74 Å². The highest BCUT2D eigenvalue weighted by atomic mass is 32.1. The Morgan fingerprint density at radius 1 is 1.03 bits per heavy atom. The van der Waals surface area contributed by atoms with Crippen LogP contribution in [0, 0.1) is 0 Å². The third-order valence-corrected chi connectivity index (χ3v) is 6.72. The monoisotopic (exact) mass is 433 g/mol. The van der Waals surface area contributed by atoms with Crippen LogP contribution < -0.4 is 4.74 Å². The molecule has 1 atom stereocenters. The van der Waals surface area contributed by atoms with Crippen LogP contribution in [-0.4, -0.2) is 44.4 Å². The normalized spacial score (nSPS) is 16.2. The van der Waals surface area contributed by atoms with Crippen molar-refractivity contribution in [3.05, 3.63) is 94.2 Å². The summed E-state index contributed by atoms with van der Waals surface area (Å²) in [4.78, 5) is 3.76. The molecule has 0 spiro atoms. The second-order valence-electron chi connectivity index (χ2n) is 7.78. The lowest BCUT2D eigenvalue weighted by atomic mass is 9.91. The first kappa shape index (κ1) is 21.8. The van der Waals surface area contributed by atoms with Gasteiger partial charge in [0, 0.05) is 30.4 Å². The molecule has 4 rings (SSSR count). The fraction of sp³-hybridized carbons (Fsp3) is 0.333. The summed E-state index contributed by atoms with van der Waals surface area (Å²) < 4.78 is 11.4. The Morgan fingerprint density at radius 2 is 1.81 bits per heavy atom. The van der Waals surface area contributed by atoms with Crippen molar-refractivity contribution in [3.8, 4) is 5.75 Å². The van der Waals surface area contributed by atoms with Gasteiger partial charge in [0.2, 0.25) is 0 Å². The molecule has 0 aliphatic carbocycles. The van der Waals surface area contributed by atoms with Gasteiger partial charge in [-0.3, -0.25) is 4.90 Å². The first-order valence-electron chi connectivity index (χ1n) is 11.2. The third-order valence-electron chi connectivity index (χ3n) is 5.76. The van der Waals surface area contributed by atoms with Gasteiger partial charge < -0.3 is 9.47 Å². The van der Waals surface area contributed by atoms with Crippen molar-refractivity contribution in [3.63, 3.8) is 0 Å². The average Bonchev–Trinajstić information content (AvgIpc) is 3.36. The molecule has 0 saturated carbocycles. The molecule has 1 aliphatic rings. The maximum atomic E-state index is 6.01. The zero-order chi connectivity index (χ0) is 21.3. The smallest absolute Gasteiger partial charge is 0.119 e. The molecular weight excluding hydrogens is 402 g/mol. The second kappa shape index (κ2) is 11.3. The zero-order valence-electron chi connectivity index (χ0n) is 18.2. The molecule has 1 fully saturated rings. The Bertz CT molecular complexity index is 929. The number of thiophene rings is 1. The van der Waals surface area contributed by atoms with Crippen LogP contribution in [0.4, 0.5) is 0 Å². The fourth-order valence-corrected chi connectivity index (χ4v) is 4.79. The van der Waals surface area contributed by atoms with Crippen molar-refractivity contribution in [1.82, 2.24) is 4.90 Å². The topological polar surface area (TPSA) is 21.7 Å². The lowest BCUT2D eigenvalue weighted by Crippen LogP contribution is -2.38. The van der Waals surface area contributed by atoms with E-state index in [0.29, 0.717) is 6.61 Å². The van der Waals surface area contributed by atoms with Gasteiger partial charge >= 0.3 is 0 Å². The van der Waals surface area contributed by atoms with Gasteiger partial charge in [-0.2, -0.15) is 0 Å². The van der Waals surface area contributed by atoms with Crippen LogP contribution in [0.3, 0.4) is 0 Å². The molecule has 1 unspecified atom stereocenters. The maximum absolute atomic E-state index is 6.01. The summed E-state index contributed by atoms with van der Waals surface area (Å²) in [6.07, 6.45) is 3.43. The van der Waals surface area contributed by atoms with Crippen molar-refractivity contribution in [2.24, 2.45) is 0 Å². The molecule has 162 valence electrons. The summed E-state index contributed by atoms with van der Waals surface area (Å²) in [6.45, 7) is 7.54. The predicted molar refractivity (Wildman–Crippen MR) is 130 cm³/mol. The van der Waals surface area contributed by atoms with E-state index in [1.165, 1.54) is 21.6 Å². The molecule has 2 aromatic carbocycles. The number of allylic oxidation sites excluding steroid dienone is 2. The maximum Gasteiger partial charge on any atom is 0.119 e. The fourth-order valence-electron chi connectivity index (χ4n) is 3.97. The Kier molecular flexibility index (Phi) is 7.94. The molecular formula is C27H31NO2S. The Labute approximate surface area is 189 Å². The van der Waals surface area contributed by atoms with Gasteiger partial charge in [-0.05, 0) is 46.7 Å². The summed E-state index contributed by atoms with van der Waals surface area (Å²) in [5, 5.41) is 2.16. The van der Waals surface area contributed by atoms with Gasteiger partial charge in [-0.15, -0.1) is 11.3 Å². The van der Waals surface area contributed by atoms with Gasteiger partial charge in [0.25, 0.3) is 0 Å². The Balaban J connectivity index is 1.48. The van der Waals surface area contributed by atoms with Gasteiger partial charge in [-0.25, -0.2) is 0 Å². The van der Waals surface area contributed by atoms with E-state index in [4.69, 9.17) is 9.47 Å².